The van der Waals surface area contributed by atoms with Crippen molar-refractivity contribution in [2.45, 2.75) is 25.7 Å². The van der Waals surface area contributed by atoms with Crippen LogP contribution in [0.5, 0.6) is 5.75 Å². The van der Waals surface area contributed by atoms with E-state index in [2.05, 4.69) is 15.9 Å². The van der Waals surface area contributed by atoms with Crippen LogP contribution in [0.15, 0.2) is 87.4 Å². The number of hydrogen-bond acceptors (Lipinski definition) is 5. The first-order valence-electron chi connectivity index (χ1n) is 11.9. The molecule has 0 aromatic heterocycles. The highest BCUT2D eigenvalue weighted by molar-refractivity contribution is 9.10. The van der Waals surface area contributed by atoms with Crippen molar-refractivity contribution in [1.82, 2.24) is 0 Å². The maximum Gasteiger partial charge on any atom is 0.238 e. The minimum atomic E-state index is -0.647. The number of phenols is 1. The van der Waals surface area contributed by atoms with Gasteiger partial charge >= 0.3 is 0 Å². The number of halogens is 1. The summed E-state index contributed by atoms with van der Waals surface area (Å²) in [6.45, 7) is 1.62. The van der Waals surface area contributed by atoms with E-state index in [9.17, 15) is 24.3 Å². The Balaban J connectivity index is 1.49. The second-order valence-electron chi connectivity index (χ2n) is 9.78. The fourth-order valence-electron chi connectivity index (χ4n) is 6.31. The van der Waals surface area contributed by atoms with E-state index < -0.39 is 23.7 Å². The summed E-state index contributed by atoms with van der Waals surface area (Å²) in [5, 5.41) is 10.7. The third kappa shape index (κ3) is 3.22. The summed E-state index contributed by atoms with van der Waals surface area (Å²) in [4.78, 5) is 55.0. The number of imide groups is 1. The fraction of sp³-hybridized carbons (Fsp3) is 0.241. The van der Waals surface area contributed by atoms with E-state index >= 15 is 0 Å². The predicted octanol–water partition coefficient (Wildman–Crippen LogP) is 4.79. The first-order chi connectivity index (χ1) is 17.3. The molecule has 1 fully saturated rings. The Morgan fingerprint density at radius 2 is 1.67 bits per heavy atom. The van der Waals surface area contributed by atoms with Gasteiger partial charge in [-0.25, -0.2) is 0 Å². The lowest BCUT2D eigenvalue weighted by atomic mass is 9.59. The summed E-state index contributed by atoms with van der Waals surface area (Å²) in [7, 11) is 0. The molecule has 0 radical (unpaired) electrons. The third-order valence-electron chi connectivity index (χ3n) is 7.89. The second kappa shape index (κ2) is 8.23. The van der Waals surface area contributed by atoms with E-state index in [-0.39, 0.29) is 35.6 Å². The number of fused-ring (bicyclic) bond motifs is 3. The molecule has 6 rings (SSSR count). The minimum absolute atomic E-state index is 0.0230. The zero-order chi connectivity index (χ0) is 25.3. The zero-order valence-electron chi connectivity index (χ0n) is 19.4. The molecule has 1 saturated heterocycles. The molecule has 4 aliphatic rings. The average Bonchev–Trinajstić information content (AvgIpc) is 3.12. The van der Waals surface area contributed by atoms with E-state index in [4.69, 9.17) is 0 Å². The normalized spacial score (nSPS) is 27.4. The molecule has 0 bridgehead atoms. The standard InChI is InChI=1S/C29H22BrNO5/c1-14-12-23(33)26-21(27(14)34)13-20-17(24(26)18-4-2-3-5-22(18)32)10-11-19-25(20)29(36)31(28(19)35)16-8-6-15(30)7-9-16/h2-10,12,19-20,24-25,32H,11,13H2,1H3. The van der Waals surface area contributed by atoms with Crippen molar-refractivity contribution in [2.24, 2.45) is 17.8 Å². The highest BCUT2D eigenvalue weighted by Crippen LogP contribution is 2.56. The van der Waals surface area contributed by atoms with Crippen LogP contribution in [0.3, 0.4) is 0 Å². The second-order valence-corrected chi connectivity index (χ2v) is 10.7. The first-order valence-corrected chi connectivity index (χ1v) is 12.7. The minimum Gasteiger partial charge on any atom is -0.508 e. The highest BCUT2D eigenvalue weighted by atomic mass is 79.9. The van der Waals surface area contributed by atoms with E-state index in [1.54, 1.807) is 55.5 Å². The van der Waals surface area contributed by atoms with Crippen LogP contribution in [0.2, 0.25) is 0 Å². The summed E-state index contributed by atoms with van der Waals surface area (Å²) in [6, 6.07) is 13.8. The number of rotatable bonds is 2. The van der Waals surface area contributed by atoms with Gasteiger partial charge in [-0.3, -0.25) is 24.1 Å². The lowest BCUT2D eigenvalue weighted by Crippen LogP contribution is -2.39. The molecular weight excluding hydrogens is 522 g/mol. The van der Waals surface area contributed by atoms with Gasteiger partial charge in [0.15, 0.2) is 11.6 Å². The summed E-state index contributed by atoms with van der Waals surface area (Å²) in [5.41, 5.74) is 2.98. The lowest BCUT2D eigenvalue weighted by Gasteiger charge is -2.42. The Labute approximate surface area is 216 Å². The van der Waals surface area contributed by atoms with Gasteiger partial charge in [-0.05, 0) is 62.1 Å². The molecule has 4 unspecified atom stereocenters. The number of phenolic OH excluding ortho intramolecular Hbond substituents is 1. The van der Waals surface area contributed by atoms with Gasteiger partial charge in [-0.15, -0.1) is 0 Å². The molecule has 1 aliphatic heterocycles. The molecule has 0 saturated carbocycles. The van der Waals surface area contributed by atoms with Crippen LogP contribution in [0, 0.1) is 17.8 Å². The quantitative estimate of drug-likeness (QED) is 0.334. The van der Waals surface area contributed by atoms with Crippen molar-refractivity contribution in [3.05, 3.63) is 93.0 Å². The first kappa shape index (κ1) is 22.9. The number of nitrogens with zero attached hydrogens (tertiary/aromatic N) is 1. The summed E-state index contributed by atoms with van der Waals surface area (Å²) in [6.07, 6.45) is 3.89. The number of anilines is 1. The van der Waals surface area contributed by atoms with Gasteiger partial charge in [-0.1, -0.05) is 45.8 Å². The molecule has 3 aliphatic carbocycles. The molecule has 2 aromatic rings. The van der Waals surface area contributed by atoms with E-state index in [0.29, 0.717) is 34.4 Å². The number of carbonyl (C=O) groups excluding carboxylic acids is 4. The van der Waals surface area contributed by atoms with Crippen molar-refractivity contribution in [3.8, 4) is 5.75 Å². The van der Waals surface area contributed by atoms with Gasteiger partial charge in [0.2, 0.25) is 11.8 Å². The van der Waals surface area contributed by atoms with Crippen LogP contribution in [0.4, 0.5) is 5.69 Å². The Hall–Kier alpha value is -3.58. The van der Waals surface area contributed by atoms with Crippen molar-refractivity contribution in [1.29, 1.82) is 0 Å². The Morgan fingerprint density at radius 1 is 0.944 bits per heavy atom. The van der Waals surface area contributed by atoms with Gasteiger partial charge < -0.3 is 5.11 Å². The van der Waals surface area contributed by atoms with Gasteiger partial charge in [0.05, 0.1) is 17.5 Å². The van der Waals surface area contributed by atoms with E-state index in [1.165, 1.54) is 11.0 Å². The number of ketones is 2. The van der Waals surface area contributed by atoms with Crippen molar-refractivity contribution >= 4 is 45.0 Å². The van der Waals surface area contributed by atoms with Gasteiger partial charge in [0, 0.05) is 32.7 Å². The maximum atomic E-state index is 13.8. The van der Waals surface area contributed by atoms with Crippen LogP contribution >= 0.6 is 15.9 Å². The van der Waals surface area contributed by atoms with Crippen LogP contribution < -0.4 is 4.90 Å². The molecule has 36 heavy (non-hydrogen) atoms. The molecular formula is C29H22BrNO5. The average molecular weight is 544 g/mol. The maximum absolute atomic E-state index is 13.8. The number of carbonyl (C=O) groups is 4. The number of benzene rings is 2. The molecule has 1 N–H and O–H groups in total. The number of para-hydroxylation sites is 1. The number of hydrogen-bond donors (Lipinski definition) is 1. The topological polar surface area (TPSA) is 91.8 Å². The predicted molar refractivity (Wildman–Crippen MR) is 136 cm³/mol. The Morgan fingerprint density at radius 3 is 2.39 bits per heavy atom. The van der Waals surface area contributed by atoms with Crippen LogP contribution in [0.1, 0.15) is 31.2 Å². The monoisotopic (exact) mass is 543 g/mol. The van der Waals surface area contributed by atoms with Crippen LogP contribution in [0.25, 0.3) is 0 Å². The third-order valence-corrected chi connectivity index (χ3v) is 8.42. The number of allylic oxidation sites excluding steroid dienone is 6. The highest BCUT2D eigenvalue weighted by Gasteiger charge is 2.56. The fourth-order valence-corrected chi connectivity index (χ4v) is 6.58. The molecule has 1 heterocycles. The van der Waals surface area contributed by atoms with Gasteiger partial charge in [0.1, 0.15) is 5.75 Å². The van der Waals surface area contributed by atoms with E-state index in [0.717, 1.165) is 10.0 Å². The van der Waals surface area contributed by atoms with Gasteiger partial charge in [-0.2, -0.15) is 0 Å². The smallest absolute Gasteiger partial charge is 0.238 e. The van der Waals surface area contributed by atoms with Crippen molar-refractivity contribution in [3.63, 3.8) is 0 Å². The van der Waals surface area contributed by atoms with E-state index in [1.807, 2.05) is 6.08 Å². The zero-order valence-corrected chi connectivity index (χ0v) is 21.0. The van der Waals surface area contributed by atoms with Crippen LogP contribution in [-0.4, -0.2) is 28.5 Å². The molecule has 6 nitrogen and oxygen atoms in total. The van der Waals surface area contributed by atoms with Crippen molar-refractivity contribution < 1.29 is 24.3 Å². The number of aromatic hydroxyl groups is 1. The number of Topliss-reactive ketones (excluding diaryl/α,β-unsaturated/α-hetero) is 1. The molecule has 4 atom stereocenters. The summed E-state index contributed by atoms with van der Waals surface area (Å²) in [5.74, 6) is -3.22. The molecule has 7 heteroatoms. The molecule has 0 spiro atoms. The molecule has 2 aromatic carbocycles. The van der Waals surface area contributed by atoms with Crippen molar-refractivity contribution in [2.75, 3.05) is 4.90 Å². The summed E-state index contributed by atoms with van der Waals surface area (Å²) >= 11 is 3.39. The van der Waals surface area contributed by atoms with Crippen LogP contribution in [-0.2, 0) is 19.2 Å². The SMILES string of the molecule is CC1=CC(=O)C2=C(CC3C(=CCC4C(=O)N(c5ccc(Br)cc5)C(=O)C43)C2c2ccccc2O)C1=O. The largest absolute Gasteiger partial charge is 0.508 e. The number of amides is 2. The molecule has 180 valence electrons. The van der Waals surface area contributed by atoms with Gasteiger partial charge in [0.25, 0.3) is 0 Å². The Kier molecular flexibility index (Phi) is 5.23. The lowest BCUT2D eigenvalue weighted by molar-refractivity contribution is -0.123. The summed E-state index contributed by atoms with van der Waals surface area (Å²) < 4.78 is 0.841. The molecule has 2 amide bonds. The Bertz CT molecular complexity index is 1460.